The van der Waals surface area contributed by atoms with Crippen molar-refractivity contribution < 1.29 is 17.6 Å². The van der Waals surface area contributed by atoms with Gasteiger partial charge in [-0.25, -0.2) is 12.8 Å². The molecule has 0 aliphatic carbocycles. The summed E-state index contributed by atoms with van der Waals surface area (Å²) in [5.41, 5.74) is 0.479. The van der Waals surface area contributed by atoms with Crippen molar-refractivity contribution in [2.45, 2.75) is 50.5 Å². The van der Waals surface area contributed by atoms with Gasteiger partial charge in [-0.3, -0.25) is 9.78 Å². The largest absolute Gasteiger partial charge is 0.339 e. The highest BCUT2D eigenvalue weighted by Gasteiger charge is 2.53. The number of hydrogen-bond donors (Lipinski definition) is 0. The van der Waals surface area contributed by atoms with E-state index in [4.69, 9.17) is 0 Å². The van der Waals surface area contributed by atoms with E-state index in [1.807, 2.05) is 4.90 Å². The van der Waals surface area contributed by atoms with Gasteiger partial charge in [0.05, 0.1) is 5.41 Å². The molecule has 32 heavy (non-hydrogen) atoms. The van der Waals surface area contributed by atoms with Crippen molar-refractivity contribution in [1.29, 1.82) is 0 Å². The van der Waals surface area contributed by atoms with E-state index in [9.17, 15) is 17.6 Å². The first-order valence-corrected chi connectivity index (χ1v) is 12.6. The molecule has 0 radical (unpaired) electrons. The number of piperidine rings is 1. The van der Waals surface area contributed by atoms with Gasteiger partial charge in [0, 0.05) is 38.1 Å². The van der Waals surface area contributed by atoms with Crippen LogP contribution >= 0.6 is 0 Å². The van der Waals surface area contributed by atoms with Gasteiger partial charge >= 0.3 is 0 Å². The lowest BCUT2D eigenvalue weighted by atomic mass is 9.76. The molecule has 1 amide bonds. The molecular weight excluding hydrogens is 429 g/mol. The van der Waals surface area contributed by atoms with Crippen molar-refractivity contribution in [3.8, 4) is 0 Å². The number of likely N-dealkylation sites (tertiary alicyclic amines) is 1. The van der Waals surface area contributed by atoms with E-state index in [1.165, 1.54) is 22.6 Å². The predicted molar refractivity (Wildman–Crippen MR) is 120 cm³/mol. The fraction of sp³-hybridized carbons (Fsp3) is 0.500. The molecular formula is C24H30FN3O3S. The van der Waals surface area contributed by atoms with Gasteiger partial charge in [0.2, 0.25) is 15.9 Å². The first kappa shape index (κ1) is 22.9. The Hall–Kier alpha value is -2.32. The Morgan fingerprint density at radius 3 is 2.44 bits per heavy atom. The fourth-order valence-electron chi connectivity index (χ4n) is 5.04. The number of pyridine rings is 1. The van der Waals surface area contributed by atoms with Crippen LogP contribution < -0.4 is 0 Å². The van der Waals surface area contributed by atoms with Gasteiger partial charge in [-0.1, -0.05) is 26.0 Å². The number of hydrogen-bond acceptors (Lipinski definition) is 4. The molecule has 1 spiro atoms. The SMILES string of the molecule is CC(C)CN1C(=O)C2(CCN(S(=O)(=O)c3cccnc3)CC2)CC1Cc1ccc(F)cc1. The highest BCUT2D eigenvalue weighted by Crippen LogP contribution is 2.46. The Morgan fingerprint density at radius 2 is 1.84 bits per heavy atom. The Kier molecular flexibility index (Phi) is 6.36. The summed E-state index contributed by atoms with van der Waals surface area (Å²) in [6.45, 7) is 5.50. The van der Waals surface area contributed by atoms with Crippen molar-refractivity contribution in [3.63, 3.8) is 0 Å². The standard InChI is InChI=1S/C24H30FN3O3S/c1-18(2)17-28-21(14-19-5-7-20(25)8-6-19)15-24(23(28)29)9-12-27(13-10-24)32(30,31)22-4-3-11-26-16-22/h3-8,11,16,18,21H,9-10,12-15,17H2,1-2H3. The van der Waals surface area contributed by atoms with Gasteiger partial charge in [0.15, 0.2) is 0 Å². The van der Waals surface area contributed by atoms with E-state index in [1.54, 1.807) is 30.5 Å². The third-order valence-corrected chi connectivity index (χ3v) is 8.56. The number of amides is 1. The van der Waals surface area contributed by atoms with Crippen LogP contribution in [-0.4, -0.2) is 54.2 Å². The van der Waals surface area contributed by atoms with E-state index in [2.05, 4.69) is 18.8 Å². The summed E-state index contributed by atoms with van der Waals surface area (Å²) in [5.74, 6) is 0.196. The Balaban J connectivity index is 1.52. The molecule has 2 aromatic rings. The molecule has 8 heteroatoms. The Bertz CT molecular complexity index is 1050. The molecule has 2 fully saturated rings. The molecule has 2 aliphatic heterocycles. The van der Waals surface area contributed by atoms with Gasteiger partial charge in [0.1, 0.15) is 10.7 Å². The molecule has 0 saturated carbocycles. The highest BCUT2D eigenvalue weighted by molar-refractivity contribution is 7.89. The Labute approximate surface area is 189 Å². The molecule has 1 aromatic heterocycles. The monoisotopic (exact) mass is 459 g/mol. The Morgan fingerprint density at radius 1 is 1.16 bits per heavy atom. The third kappa shape index (κ3) is 4.43. The zero-order valence-electron chi connectivity index (χ0n) is 18.6. The molecule has 2 aliphatic rings. The summed E-state index contributed by atoms with van der Waals surface area (Å²) in [4.78, 5) is 19.7. The molecule has 172 valence electrons. The average molecular weight is 460 g/mol. The average Bonchev–Trinajstić information content (AvgIpc) is 3.01. The number of carbonyl (C=O) groups is 1. The van der Waals surface area contributed by atoms with Crippen LogP contribution in [0.25, 0.3) is 0 Å². The third-order valence-electron chi connectivity index (χ3n) is 6.68. The van der Waals surface area contributed by atoms with Crippen LogP contribution in [0, 0.1) is 17.2 Å². The minimum absolute atomic E-state index is 0.0387. The van der Waals surface area contributed by atoms with Crippen LogP contribution in [0.15, 0.2) is 53.7 Å². The second kappa shape index (κ2) is 8.90. The second-order valence-electron chi connectivity index (χ2n) is 9.41. The van der Waals surface area contributed by atoms with E-state index in [0.717, 1.165) is 5.56 Å². The van der Waals surface area contributed by atoms with Crippen LogP contribution in [0.3, 0.4) is 0 Å². The summed E-state index contributed by atoms with van der Waals surface area (Å²) < 4.78 is 40.8. The van der Waals surface area contributed by atoms with Crippen LogP contribution in [-0.2, 0) is 21.2 Å². The van der Waals surface area contributed by atoms with Crippen LogP contribution in [0.5, 0.6) is 0 Å². The molecule has 1 atom stereocenters. The maximum atomic E-state index is 13.6. The van der Waals surface area contributed by atoms with E-state index >= 15 is 0 Å². The van der Waals surface area contributed by atoms with E-state index in [-0.39, 0.29) is 22.7 Å². The maximum absolute atomic E-state index is 13.6. The van der Waals surface area contributed by atoms with Gasteiger partial charge in [0.25, 0.3) is 0 Å². The molecule has 0 bridgehead atoms. The lowest BCUT2D eigenvalue weighted by molar-refractivity contribution is -0.139. The number of sulfonamides is 1. The molecule has 6 nitrogen and oxygen atoms in total. The van der Waals surface area contributed by atoms with Crippen LogP contribution in [0.4, 0.5) is 4.39 Å². The lowest BCUT2D eigenvalue weighted by Crippen LogP contribution is -2.47. The summed E-state index contributed by atoms with van der Waals surface area (Å²) in [6, 6.07) is 9.67. The minimum Gasteiger partial charge on any atom is -0.339 e. The first-order valence-electron chi connectivity index (χ1n) is 11.2. The molecule has 0 N–H and O–H groups in total. The van der Waals surface area contributed by atoms with Gasteiger partial charge in [-0.05, 0) is 61.4 Å². The summed E-state index contributed by atoms with van der Waals surface area (Å²) in [7, 11) is -3.61. The molecule has 2 saturated heterocycles. The van der Waals surface area contributed by atoms with Crippen molar-refractivity contribution in [2.75, 3.05) is 19.6 Å². The molecule has 1 unspecified atom stereocenters. The topological polar surface area (TPSA) is 70.6 Å². The number of carbonyl (C=O) groups excluding carboxylic acids is 1. The molecule has 4 rings (SSSR count). The summed E-state index contributed by atoms with van der Waals surface area (Å²) in [5, 5.41) is 0. The number of nitrogens with zero attached hydrogens (tertiary/aromatic N) is 3. The zero-order valence-corrected chi connectivity index (χ0v) is 19.4. The van der Waals surface area contributed by atoms with Crippen LogP contribution in [0.1, 0.15) is 38.7 Å². The lowest BCUT2D eigenvalue weighted by Gasteiger charge is -2.37. The highest BCUT2D eigenvalue weighted by atomic mass is 32.2. The number of halogens is 1. The number of aromatic nitrogens is 1. The van der Waals surface area contributed by atoms with Crippen molar-refractivity contribution >= 4 is 15.9 Å². The van der Waals surface area contributed by atoms with Gasteiger partial charge in [-0.15, -0.1) is 0 Å². The molecule has 3 heterocycles. The normalized spacial score (nSPS) is 21.6. The minimum atomic E-state index is -3.61. The van der Waals surface area contributed by atoms with Crippen molar-refractivity contribution in [3.05, 3.63) is 60.2 Å². The summed E-state index contributed by atoms with van der Waals surface area (Å²) in [6.07, 6.45) is 5.32. The maximum Gasteiger partial charge on any atom is 0.244 e. The van der Waals surface area contributed by atoms with Gasteiger partial charge in [-0.2, -0.15) is 4.31 Å². The smallest absolute Gasteiger partial charge is 0.244 e. The van der Waals surface area contributed by atoms with Crippen LogP contribution in [0.2, 0.25) is 0 Å². The number of rotatable bonds is 6. The van der Waals surface area contributed by atoms with E-state index in [0.29, 0.717) is 51.2 Å². The fourth-order valence-corrected chi connectivity index (χ4v) is 6.45. The summed E-state index contributed by atoms with van der Waals surface area (Å²) >= 11 is 0. The first-order chi connectivity index (χ1) is 15.2. The van der Waals surface area contributed by atoms with Gasteiger partial charge < -0.3 is 4.90 Å². The number of benzene rings is 1. The van der Waals surface area contributed by atoms with Crippen molar-refractivity contribution in [1.82, 2.24) is 14.2 Å². The molecule has 1 aromatic carbocycles. The quantitative estimate of drug-likeness (QED) is 0.663. The zero-order chi connectivity index (χ0) is 22.9. The predicted octanol–water partition coefficient (Wildman–Crippen LogP) is 3.49. The second-order valence-corrected chi connectivity index (χ2v) is 11.4. The van der Waals surface area contributed by atoms with E-state index < -0.39 is 15.4 Å². The van der Waals surface area contributed by atoms with Crippen molar-refractivity contribution in [2.24, 2.45) is 11.3 Å².